The summed E-state index contributed by atoms with van der Waals surface area (Å²) < 4.78 is 1.63. The molecular weight excluding hydrogens is 284 g/mol. The summed E-state index contributed by atoms with van der Waals surface area (Å²) >= 11 is 7.61. The average Bonchev–Trinajstić information content (AvgIpc) is 3.05. The van der Waals surface area contributed by atoms with E-state index in [1.54, 1.807) is 28.1 Å². The maximum absolute atomic E-state index is 5.99. The zero-order valence-electron chi connectivity index (χ0n) is 10.1. The summed E-state index contributed by atoms with van der Waals surface area (Å²) in [6.45, 7) is 2.10. The number of hydrogen-bond donors (Lipinski definition) is 1. The smallest absolute Gasteiger partial charge is 0.255 e. The van der Waals surface area contributed by atoms with Crippen LogP contribution >= 0.6 is 22.9 Å². The summed E-state index contributed by atoms with van der Waals surface area (Å²) in [5, 5.41) is 10.9. The number of rotatable bonds is 4. The second kappa shape index (κ2) is 5.10. The minimum atomic E-state index is 0.117. The molecule has 3 aromatic heterocycles. The van der Waals surface area contributed by atoms with Gasteiger partial charge in [0.1, 0.15) is 22.3 Å². The number of nitrogens with one attached hydrogen (secondary N) is 1. The zero-order valence-corrected chi connectivity index (χ0v) is 11.7. The molecule has 1 atom stereocenters. The van der Waals surface area contributed by atoms with Crippen LogP contribution < -0.4 is 5.32 Å². The van der Waals surface area contributed by atoms with E-state index < -0.39 is 0 Å². The zero-order chi connectivity index (χ0) is 13.2. The first-order chi connectivity index (χ1) is 9.28. The number of aromatic nitrogens is 5. The predicted octanol–water partition coefficient (Wildman–Crippen LogP) is 2.80. The molecule has 1 unspecified atom stereocenters. The van der Waals surface area contributed by atoms with Gasteiger partial charge in [-0.15, -0.1) is 11.3 Å². The van der Waals surface area contributed by atoms with Crippen molar-refractivity contribution in [1.82, 2.24) is 24.6 Å². The highest BCUT2D eigenvalue weighted by atomic mass is 35.5. The molecule has 0 saturated heterocycles. The van der Waals surface area contributed by atoms with Gasteiger partial charge in [0.2, 0.25) is 0 Å². The van der Waals surface area contributed by atoms with Gasteiger partial charge in [-0.1, -0.05) is 18.5 Å². The molecule has 3 heterocycles. The Bertz CT molecular complexity index is 680. The lowest BCUT2D eigenvalue weighted by Crippen LogP contribution is -2.13. The number of fused-ring (bicyclic) bond motifs is 1. The fourth-order valence-corrected chi connectivity index (χ4v) is 2.76. The van der Waals surface area contributed by atoms with Crippen molar-refractivity contribution in [3.8, 4) is 0 Å². The van der Waals surface area contributed by atoms with Crippen molar-refractivity contribution < 1.29 is 0 Å². The molecule has 0 aliphatic rings. The van der Waals surface area contributed by atoms with Gasteiger partial charge in [-0.2, -0.15) is 19.6 Å². The second-order valence-electron chi connectivity index (χ2n) is 3.91. The van der Waals surface area contributed by atoms with E-state index in [9.17, 15) is 0 Å². The molecule has 0 fully saturated rings. The van der Waals surface area contributed by atoms with E-state index in [-0.39, 0.29) is 6.04 Å². The Hall–Kier alpha value is -1.73. The lowest BCUT2D eigenvalue weighted by Gasteiger charge is -2.16. The highest BCUT2D eigenvalue weighted by molar-refractivity contribution is 7.09. The highest BCUT2D eigenvalue weighted by Crippen LogP contribution is 2.25. The minimum absolute atomic E-state index is 0.117. The molecule has 8 heteroatoms. The van der Waals surface area contributed by atoms with Crippen molar-refractivity contribution in [1.29, 1.82) is 0 Å². The van der Waals surface area contributed by atoms with Crippen LogP contribution in [0.25, 0.3) is 5.78 Å². The number of halogens is 1. The van der Waals surface area contributed by atoms with Gasteiger partial charge in [-0.05, 0) is 6.42 Å². The normalized spacial score (nSPS) is 12.7. The van der Waals surface area contributed by atoms with Crippen LogP contribution in [0.15, 0.2) is 24.0 Å². The van der Waals surface area contributed by atoms with Crippen LogP contribution in [0, 0.1) is 0 Å². The number of nitrogens with zero attached hydrogens (tertiary/aromatic N) is 5. The molecule has 6 nitrogen and oxygen atoms in total. The molecule has 0 radical (unpaired) electrons. The summed E-state index contributed by atoms with van der Waals surface area (Å²) in [6, 6.07) is 1.85. The van der Waals surface area contributed by atoms with E-state index in [1.807, 2.05) is 5.38 Å². The molecule has 98 valence electrons. The number of anilines is 1. The van der Waals surface area contributed by atoms with Gasteiger partial charge >= 0.3 is 0 Å². The lowest BCUT2D eigenvalue weighted by molar-refractivity contribution is 0.728. The third kappa shape index (κ3) is 2.39. The van der Waals surface area contributed by atoms with Crippen molar-refractivity contribution in [3.63, 3.8) is 0 Å². The predicted molar refractivity (Wildman–Crippen MR) is 74.6 cm³/mol. The largest absolute Gasteiger partial charge is 0.361 e. The van der Waals surface area contributed by atoms with E-state index in [1.165, 1.54) is 6.33 Å². The Labute approximate surface area is 118 Å². The van der Waals surface area contributed by atoms with Crippen LogP contribution in [-0.4, -0.2) is 24.6 Å². The minimum Gasteiger partial charge on any atom is -0.361 e. The Morgan fingerprint density at radius 2 is 2.37 bits per heavy atom. The summed E-state index contributed by atoms with van der Waals surface area (Å²) in [5.74, 6) is 1.23. The van der Waals surface area contributed by atoms with Crippen LogP contribution in [0.2, 0.25) is 5.15 Å². The molecule has 3 aromatic rings. The molecule has 0 bridgehead atoms. The van der Waals surface area contributed by atoms with Crippen LogP contribution in [0.3, 0.4) is 0 Å². The van der Waals surface area contributed by atoms with Gasteiger partial charge in [-0.3, -0.25) is 0 Å². The molecule has 19 heavy (non-hydrogen) atoms. The van der Waals surface area contributed by atoms with Crippen molar-refractivity contribution >= 4 is 34.5 Å². The summed E-state index contributed by atoms with van der Waals surface area (Å²) in [5.41, 5.74) is 0. The third-order valence-electron chi connectivity index (χ3n) is 2.70. The molecular formula is C11H11ClN6S. The molecule has 0 amide bonds. The maximum Gasteiger partial charge on any atom is 0.255 e. The number of hydrogen-bond acceptors (Lipinski definition) is 6. The van der Waals surface area contributed by atoms with E-state index >= 15 is 0 Å². The monoisotopic (exact) mass is 294 g/mol. The van der Waals surface area contributed by atoms with Crippen LogP contribution in [0.5, 0.6) is 0 Å². The van der Waals surface area contributed by atoms with Crippen LogP contribution in [0.1, 0.15) is 24.4 Å². The van der Waals surface area contributed by atoms with Crippen molar-refractivity contribution in [2.45, 2.75) is 19.4 Å². The SMILES string of the molecule is CCC(Nc1cc(Cl)nc2ncnn12)c1nccs1. The first-order valence-corrected chi connectivity index (χ1v) is 7.06. The fraction of sp³-hybridized carbons (Fsp3) is 0.273. The van der Waals surface area contributed by atoms with E-state index in [2.05, 4.69) is 32.3 Å². The molecule has 0 aliphatic heterocycles. The maximum atomic E-state index is 5.99. The Balaban J connectivity index is 1.98. The van der Waals surface area contributed by atoms with Gasteiger partial charge in [0.15, 0.2) is 0 Å². The Kier molecular flexibility index (Phi) is 3.31. The highest BCUT2D eigenvalue weighted by Gasteiger charge is 2.14. The van der Waals surface area contributed by atoms with E-state index in [0.717, 1.165) is 17.2 Å². The van der Waals surface area contributed by atoms with E-state index in [4.69, 9.17) is 11.6 Å². The standard InChI is InChI=1S/C11H11ClN6S/c1-2-7(10-13-3-4-19-10)16-9-5-8(12)17-11-14-6-15-18(9)11/h3-7,16H,2H2,1H3. The van der Waals surface area contributed by atoms with Gasteiger partial charge in [0.25, 0.3) is 5.78 Å². The average molecular weight is 295 g/mol. The fourth-order valence-electron chi connectivity index (χ4n) is 1.81. The second-order valence-corrected chi connectivity index (χ2v) is 5.22. The van der Waals surface area contributed by atoms with Crippen LogP contribution in [-0.2, 0) is 0 Å². The molecule has 1 N–H and O–H groups in total. The van der Waals surface area contributed by atoms with E-state index in [0.29, 0.717) is 10.9 Å². The first kappa shape index (κ1) is 12.3. The quantitative estimate of drug-likeness (QED) is 0.749. The van der Waals surface area contributed by atoms with Gasteiger partial charge in [0, 0.05) is 17.6 Å². The van der Waals surface area contributed by atoms with Gasteiger partial charge < -0.3 is 5.32 Å². The first-order valence-electron chi connectivity index (χ1n) is 5.80. The molecule has 0 aliphatic carbocycles. The van der Waals surface area contributed by atoms with Crippen molar-refractivity contribution in [2.75, 3.05) is 5.32 Å². The summed E-state index contributed by atoms with van der Waals surface area (Å²) in [4.78, 5) is 12.5. The molecule has 0 saturated carbocycles. The molecule has 0 aromatic carbocycles. The van der Waals surface area contributed by atoms with Gasteiger partial charge in [0.05, 0.1) is 6.04 Å². The van der Waals surface area contributed by atoms with Crippen LogP contribution in [0.4, 0.5) is 5.82 Å². The third-order valence-corrected chi connectivity index (χ3v) is 3.78. The lowest BCUT2D eigenvalue weighted by atomic mass is 10.2. The Morgan fingerprint density at radius 3 is 3.11 bits per heavy atom. The van der Waals surface area contributed by atoms with Crippen molar-refractivity contribution in [2.24, 2.45) is 0 Å². The summed E-state index contributed by atoms with van der Waals surface area (Å²) in [7, 11) is 0. The van der Waals surface area contributed by atoms with Gasteiger partial charge in [-0.25, -0.2) is 4.98 Å². The van der Waals surface area contributed by atoms with Crippen molar-refractivity contribution in [3.05, 3.63) is 34.1 Å². The molecule has 3 rings (SSSR count). The Morgan fingerprint density at radius 1 is 1.47 bits per heavy atom. The number of thiazole rings is 1. The topological polar surface area (TPSA) is 68.0 Å². The summed E-state index contributed by atoms with van der Waals surface area (Å²) in [6.07, 6.45) is 4.16. The molecule has 0 spiro atoms.